The highest BCUT2D eigenvalue weighted by atomic mass is 16.6. The maximum atomic E-state index is 12.1. The number of hydrogen-bond donors (Lipinski definition) is 1. The van der Waals surface area contributed by atoms with E-state index in [0.29, 0.717) is 30.9 Å². The Balaban J connectivity index is 1.55. The molecule has 2 heterocycles. The molecule has 1 N–H and O–H groups in total. The zero-order chi connectivity index (χ0) is 23.4. The van der Waals surface area contributed by atoms with Gasteiger partial charge < -0.3 is 15.0 Å². The monoisotopic (exact) mass is 447 g/mol. The molecule has 3 aromatic rings. The molecule has 1 aliphatic heterocycles. The number of hydrogen-bond acceptors (Lipinski definition) is 8. The molecular weight excluding hydrogens is 422 g/mol. The summed E-state index contributed by atoms with van der Waals surface area (Å²) in [6.45, 7) is 5.44. The van der Waals surface area contributed by atoms with Crippen molar-refractivity contribution in [1.29, 1.82) is 0 Å². The number of esters is 1. The minimum atomic E-state index is -0.462. The average Bonchev–Trinajstić information content (AvgIpc) is 2.82. The summed E-state index contributed by atoms with van der Waals surface area (Å²) in [5, 5.41) is 15.0. The molecular formula is C24H25N5O4. The highest BCUT2D eigenvalue weighted by molar-refractivity contribution is 5.90. The van der Waals surface area contributed by atoms with Crippen LogP contribution < -0.4 is 10.2 Å². The van der Waals surface area contributed by atoms with Crippen LogP contribution in [-0.2, 0) is 17.7 Å². The number of nitrogens with zero attached hydrogens (tertiary/aromatic N) is 4. The summed E-state index contributed by atoms with van der Waals surface area (Å²) in [6, 6.07) is 14.6. The quantitative estimate of drug-likeness (QED) is 0.320. The van der Waals surface area contributed by atoms with Crippen molar-refractivity contribution in [2.24, 2.45) is 5.92 Å². The van der Waals surface area contributed by atoms with Crippen LogP contribution in [0.15, 0.2) is 54.9 Å². The van der Waals surface area contributed by atoms with Crippen LogP contribution in [0.25, 0.3) is 0 Å². The Hall–Kier alpha value is -4.01. The standard InChI is InChI=1S/C24H25N5O4/c1-16(2)14-33-24(30)18-7-9-20(10-8-18)27-22-21(29(31)32)23(26-15-25-22)28-12-11-17-5-3-4-6-19(17)13-28/h3-10,15-16H,11-14H2,1-2H3,(H,25,26,27). The number of nitrogens with one attached hydrogen (secondary N) is 1. The first-order chi connectivity index (χ1) is 15.9. The topological polar surface area (TPSA) is 110 Å². The Morgan fingerprint density at radius 2 is 1.88 bits per heavy atom. The summed E-state index contributed by atoms with van der Waals surface area (Å²) in [7, 11) is 0. The fourth-order valence-corrected chi connectivity index (χ4v) is 3.69. The Morgan fingerprint density at radius 3 is 2.58 bits per heavy atom. The number of fused-ring (bicyclic) bond motifs is 1. The van der Waals surface area contributed by atoms with E-state index in [1.165, 1.54) is 11.9 Å². The number of aromatic nitrogens is 2. The molecule has 0 unspecified atom stereocenters. The van der Waals surface area contributed by atoms with Crippen molar-refractivity contribution in [3.8, 4) is 0 Å². The summed E-state index contributed by atoms with van der Waals surface area (Å²) in [5.41, 5.74) is 3.16. The summed E-state index contributed by atoms with van der Waals surface area (Å²) >= 11 is 0. The molecule has 33 heavy (non-hydrogen) atoms. The lowest BCUT2D eigenvalue weighted by Gasteiger charge is -2.29. The predicted octanol–water partition coefficient (Wildman–Crippen LogP) is 4.50. The summed E-state index contributed by atoms with van der Waals surface area (Å²) in [4.78, 5) is 33.9. The summed E-state index contributed by atoms with van der Waals surface area (Å²) in [6.07, 6.45) is 2.11. The van der Waals surface area contributed by atoms with E-state index in [1.807, 2.05) is 36.9 Å². The molecule has 1 aromatic heterocycles. The van der Waals surface area contributed by atoms with Gasteiger partial charge in [-0.15, -0.1) is 0 Å². The van der Waals surface area contributed by atoms with E-state index in [0.717, 1.165) is 12.0 Å². The van der Waals surface area contributed by atoms with Crippen LogP contribution in [0.3, 0.4) is 0 Å². The number of rotatable bonds is 7. The van der Waals surface area contributed by atoms with Crippen LogP contribution in [-0.4, -0.2) is 34.0 Å². The molecule has 0 radical (unpaired) electrons. The zero-order valence-corrected chi connectivity index (χ0v) is 18.5. The third-order valence-electron chi connectivity index (χ3n) is 5.35. The van der Waals surface area contributed by atoms with Gasteiger partial charge in [-0.05, 0) is 47.7 Å². The van der Waals surface area contributed by atoms with E-state index >= 15 is 0 Å². The van der Waals surface area contributed by atoms with Crippen molar-refractivity contribution in [3.05, 3.63) is 81.7 Å². The number of nitro groups is 1. The van der Waals surface area contributed by atoms with Crippen LogP contribution in [0.1, 0.15) is 35.3 Å². The Labute approximate surface area is 191 Å². The minimum Gasteiger partial charge on any atom is -0.462 e. The van der Waals surface area contributed by atoms with E-state index < -0.39 is 10.9 Å². The van der Waals surface area contributed by atoms with Crippen LogP contribution in [0.4, 0.5) is 23.0 Å². The maximum Gasteiger partial charge on any atom is 0.353 e. The van der Waals surface area contributed by atoms with Crippen LogP contribution in [0.2, 0.25) is 0 Å². The third kappa shape index (κ3) is 5.08. The number of ether oxygens (including phenoxy) is 1. The Morgan fingerprint density at radius 1 is 1.15 bits per heavy atom. The highest BCUT2D eigenvalue weighted by Gasteiger charge is 2.29. The molecule has 1 aliphatic rings. The smallest absolute Gasteiger partial charge is 0.353 e. The van der Waals surface area contributed by atoms with Gasteiger partial charge in [0.15, 0.2) is 0 Å². The third-order valence-corrected chi connectivity index (χ3v) is 5.35. The van der Waals surface area contributed by atoms with E-state index in [2.05, 4.69) is 21.4 Å². The molecule has 0 saturated heterocycles. The number of carbonyl (C=O) groups excluding carboxylic acids is 1. The molecule has 0 atom stereocenters. The van der Waals surface area contributed by atoms with E-state index in [-0.39, 0.29) is 23.2 Å². The minimum absolute atomic E-state index is 0.0963. The average molecular weight is 447 g/mol. The molecule has 170 valence electrons. The largest absolute Gasteiger partial charge is 0.462 e. The van der Waals surface area contributed by atoms with Crippen LogP contribution in [0.5, 0.6) is 0 Å². The van der Waals surface area contributed by atoms with Gasteiger partial charge in [-0.3, -0.25) is 10.1 Å². The Bertz CT molecular complexity index is 1160. The van der Waals surface area contributed by atoms with Crippen molar-refractivity contribution >= 4 is 29.0 Å². The van der Waals surface area contributed by atoms with Gasteiger partial charge in [0.2, 0.25) is 11.6 Å². The second kappa shape index (κ2) is 9.64. The van der Waals surface area contributed by atoms with Gasteiger partial charge in [0.05, 0.1) is 17.1 Å². The maximum absolute atomic E-state index is 12.1. The number of anilines is 3. The van der Waals surface area contributed by atoms with Crippen molar-refractivity contribution in [3.63, 3.8) is 0 Å². The van der Waals surface area contributed by atoms with E-state index in [9.17, 15) is 14.9 Å². The van der Waals surface area contributed by atoms with Crippen molar-refractivity contribution in [2.75, 3.05) is 23.4 Å². The molecule has 0 bridgehead atoms. The first kappa shape index (κ1) is 22.2. The highest BCUT2D eigenvalue weighted by Crippen LogP contribution is 2.35. The molecule has 2 aromatic carbocycles. The van der Waals surface area contributed by atoms with E-state index in [4.69, 9.17) is 4.74 Å². The van der Waals surface area contributed by atoms with Gasteiger partial charge >= 0.3 is 11.7 Å². The zero-order valence-electron chi connectivity index (χ0n) is 18.5. The summed E-state index contributed by atoms with van der Waals surface area (Å²) in [5.74, 6) is 0.214. The van der Waals surface area contributed by atoms with Crippen molar-refractivity contribution in [1.82, 2.24) is 9.97 Å². The number of benzene rings is 2. The van der Waals surface area contributed by atoms with E-state index in [1.54, 1.807) is 24.3 Å². The van der Waals surface area contributed by atoms with Gasteiger partial charge in [-0.1, -0.05) is 38.1 Å². The molecule has 4 rings (SSSR count). The lowest BCUT2D eigenvalue weighted by Crippen LogP contribution is -2.31. The van der Waals surface area contributed by atoms with Gasteiger partial charge in [0, 0.05) is 18.8 Å². The van der Waals surface area contributed by atoms with Crippen molar-refractivity contribution in [2.45, 2.75) is 26.8 Å². The molecule has 0 aliphatic carbocycles. The van der Waals surface area contributed by atoms with Crippen molar-refractivity contribution < 1.29 is 14.5 Å². The molecule has 9 nitrogen and oxygen atoms in total. The van der Waals surface area contributed by atoms with Crippen LogP contribution >= 0.6 is 0 Å². The molecule has 0 saturated carbocycles. The normalized spacial score (nSPS) is 12.9. The van der Waals surface area contributed by atoms with Gasteiger partial charge in [0.1, 0.15) is 6.33 Å². The first-order valence-electron chi connectivity index (χ1n) is 10.8. The van der Waals surface area contributed by atoms with Gasteiger partial charge in [-0.2, -0.15) is 0 Å². The molecule has 0 fully saturated rings. The first-order valence-corrected chi connectivity index (χ1v) is 10.8. The van der Waals surface area contributed by atoms with Gasteiger partial charge in [0.25, 0.3) is 0 Å². The van der Waals surface area contributed by atoms with Crippen LogP contribution in [0, 0.1) is 16.0 Å². The number of carbonyl (C=O) groups is 1. The second-order valence-corrected chi connectivity index (χ2v) is 8.29. The molecule has 0 amide bonds. The summed E-state index contributed by atoms with van der Waals surface area (Å²) < 4.78 is 5.23. The fraction of sp³-hybridized carbons (Fsp3) is 0.292. The molecule has 0 spiro atoms. The predicted molar refractivity (Wildman–Crippen MR) is 125 cm³/mol. The molecule has 9 heteroatoms. The Kier molecular flexibility index (Phi) is 6.48. The van der Waals surface area contributed by atoms with Gasteiger partial charge in [-0.25, -0.2) is 14.8 Å². The second-order valence-electron chi connectivity index (χ2n) is 8.29. The SMILES string of the molecule is CC(C)COC(=O)c1ccc(Nc2ncnc(N3CCc4ccccc4C3)c2[N+](=O)[O-])cc1. The lowest BCUT2D eigenvalue weighted by molar-refractivity contribution is -0.383. The lowest BCUT2D eigenvalue weighted by atomic mass is 10.00. The fourth-order valence-electron chi connectivity index (χ4n) is 3.69.